The van der Waals surface area contributed by atoms with Crippen LogP contribution >= 0.6 is 0 Å². The highest BCUT2D eigenvalue weighted by atomic mass is 16.5. The third kappa shape index (κ3) is 4.93. The molecule has 0 atom stereocenters. The predicted molar refractivity (Wildman–Crippen MR) is 73.9 cm³/mol. The van der Waals surface area contributed by atoms with Crippen LogP contribution in [0.2, 0.25) is 0 Å². The van der Waals surface area contributed by atoms with Crippen LogP contribution < -0.4 is 0 Å². The summed E-state index contributed by atoms with van der Waals surface area (Å²) in [7, 11) is 0. The van der Waals surface area contributed by atoms with E-state index in [1.54, 1.807) is 0 Å². The smallest absolute Gasteiger partial charge is 0.150 e. The zero-order valence-electron chi connectivity index (χ0n) is 12.2. The van der Waals surface area contributed by atoms with Crippen LogP contribution in [0.25, 0.3) is 0 Å². The van der Waals surface area contributed by atoms with E-state index in [0.29, 0.717) is 0 Å². The van der Waals surface area contributed by atoms with Gasteiger partial charge in [-0.25, -0.2) is 0 Å². The Hall–Kier alpha value is -0.910. The number of aromatic nitrogens is 1. The predicted octanol–water partition coefficient (Wildman–Crippen LogP) is 1.26. The van der Waals surface area contributed by atoms with Crippen molar-refractivity contribution in [3.05, 3.63) is 17.5 Å². The standard InChI is InChI=1S/C14H25N3O2/c1-12-10-13(19-15-12)11-17-8-6-16(7-9-17)5-4-14(2,3)18/h10,18H,4-9,11H2,1-3H3. The molecule has 2 rings (SSSR count). The molecular weight excluding hydrogens is 242 g/mol. The zero-order chi connectivity index (χ0) is 13.9. The molecule has 1 aliphatic rings. The van der Waals surface area contributed by atoms with Crippen molar-refractivity contribution in [1.82, 2.24) is 15.0 Å². The first-order valence-corrected chi connectivity index (χ1v) is 7.02. The highest BCUT2D eigenvalue weighted by molar-refractivity contribution is 5.03. The second-order valence-electron chi connectivity index (χ2n) is 6.11. The molecule has 0 aliphatic carbocycles. The Balaban J connectivity index is 1.70. The second kappa shape index (κ2) is 6.03. The van der Waals surface area contributed by atoms with E-state index in [0.717, 1.165) is 57.1 Å². The molecule has 108 valence electrons. The Morgan fingerprint density at radius 3 is 2.42 bits per heavy atom. The summed E-state index contributed by atoms with van der Waals surface area (Å²) in [4.78, 5) is 4.81. The molecule has 2 heterocycles. The van der Waals surface area contributed by atoms with Crippen LogP contribution in [0.4, 0.5) is 0 Å². The largest absolute Gasteiger partial charge is 0.390 e. The van der Waals surface area contributed by atoms with E-state index in [4.69, 9.17) is 4.52 Å². The van der Waals surface area contributed by atoms with Gasteiger partial charge in [0.2, 0.25) is 0 Å². The van der Waals surface area contributed by atoms with Gasteiger partial charge < -0.3 is 14.5 Å². The number of hydrogen-bond acceptors (Lipinski definition) is 5. The summed E-state index contributed by atoms with van der Waals surface area (Å²) < 4.78 is 5.25. The fourth-order valence-electron chi connectivity index (χ4n) is 2.31. The summed E-state index contributed by atoms with van der Waals surface area (Å²) >= 11 is 0. The Morgan fingerprint density at radius 2 is 1.89 bits per heavy atom. The zero-order valence-corrected chi connectivity index (χ0v) is 12.2. The van der Waals surface area contributed by atoms with E-state index in [2.05, 4.69) is 15.0 Å². The molecule has 1 N–H and O–H groups in total. The molecule has 1 fully saturated rings. The van der Waals surface area contributed by atoms with Crippen LogP contribution in [0.15, 0.2) is 10.6 Å². The fraction of sp³-hybridized carbons (Fsp3) is 0.786. The van der Waals surface area contributed by atoms with Crippen LogP contribution in [-0.2, 0) is 6.54 Å². The van der Waals surface area contributed by atoms with Gasteiger partial charge in [0.25, 0.3) is 0 Å². The van der Waals surface area contributed by atoms with Crippen LogP contribution in [0, 0.1) is 6.92 Å². The van der Waals surface area contributed by atoms with Gasteiger partial charge in [-0.2, -0.15) is 0 Å². The summed E-state index contributed by atoms with van der Waals surface area (Å²) in [5.41, 5.74) is 0.382. The summed E-state index contributed by atoms with van der Waals surface area (Å²) in [5, 5.41) is 13.7. The number of nitrogens with zero attached hydrogens (tertiary/aromatic N) is 3. The molecule has 1 saturated heterocycles. The molecule has 0 radical (unpaired) electrons. The lowest BCUT2D eigenvalue weighted by molar-refractivity contribution is 0.0458. The van der Waals surface area contributed by atoms with Crippen molar-refractivity contribution in [2.24, 2.45) is 0 Å². The summed E-state index contributed by atoms with van der Waals surface area (Å²) in [6.07, 6.45) is 0.828. The van der Waals surface area contributed by atoms with Gasteiger partial charge in [-0.05, 0) is 27.2 Å². The minimum atomic E-state index is -0.561. The molecule has 1 aromatic rings. The molecule has 0 aromatic carbocycles. The molecule has 0 saturated carbocycles. The first-order chi connectivity index (χ1) is 8.92. The average Bonchev–Trinajstić information content (AvgIpc) is 2.73. The van der Waals surface area contributed by atoms with Crippen molar-refractivity contribution in [2.45, 2.75) is 39.3 Å². The van der Waals surface area contributed by atoms with E-state index >= 15 is 0 Å². The molecule has 5 heteroatoms. The fourth-order valence-corrected chi connectivity index (χ4v) is 2.31. The maximum Gasteiger partial charge on any atom is 0.150 e. The van der Waals surface area contributed by atoms with Crippen molar-refractivity contribution < 1.29 is 9.63 Å². The van der Waals surface area contributed by atoms with Gasteiger partial charge in [0.05, 0.1) is 17.8 Å². The number of piperazine rings is 1. The minimum absolute atomic E-state index is 0.561. The highest BCUT2D eigenvalue weighted by Gasteiger charge is 2.20. The number of rotatable bonds is 5. The van der Waals surface area contributed by atoms with Gasteiger partial charge in [0.15, 0.2) is 5.76 Å². The van der Waals surface area contributed by atoms with E-state index in [1.165, 1.54) is 0 Å². The number of aryl methyl sites for hydroxylation is 1. The van der Waals surface area contributed by atoms with Gasteiger partial charge >= 0.3 is 0 Å². The molecular formula is C14H25N3O2. The Kier molecular flexibility index (Phi) is 4.60. The van der Waals surface area contributed by atoms with E-state index in [1.807, 2.05) is 26.8 Å². The Bertz CT molecular complexity index is 390. The third-order valence-electron chi connectivity index (χ3n) is 3.56. The maximum absolute atomic E-state index is 9.74. The lowest BCUT2D eigenvalue weighted by atomic mass is 10.1. The monoisotopic (exact) mass is 267 g/mol. The summed E-state index contributed by atoms with van der Waals surface area (Å²) in [5.74, 6) is 0.947. The molecule has 1 aliphatic heterocycles. The minimum Gasteiger partial charge on any atom is -0.390 e. The van der Waals surface area contributed by atoms with Gasteiger partial charge in [-0.3, -0.25) is 4.90 Å². The molecule has 0 unspecified atom stereocenters. The summed E-state index contributed by atoms with van der Waals surface area (Å²) in [6, 6.07) is 2.00. The van der Waals surface area contributed by atoms with E-state index in [-0.39, 0.29) is 0 Å². The molecule has 0 bridgehead atoms. The van der Waals surface area contributed by atoms with Gasteiger partial charge in [0, 0.05) is 38.8 Å². The molecule has 0 spiro atoms. The van der Waals surface area contributed by atoms with Crippen LogP contribution in [0.1, 0.15) is 31.7 Å². The lowest BCUT2D eigenvalue weighted by Crippen LogP contribution is -2.46. The van der Waals surface area contributed by atoms with Crippen LogP contribution in [0.5, 0.6) is 0 Å². The topological polar surface area (TPSA) is 52.7 Å². The van der Waals surface area contributed by atoms with Gasteiger partial charge in [-0.1, -0.05) is 5.16 Å². The molecule has 0 amide bonds. The lowest BCUT2D eigenvalue weighted by Gasteiger charge is -2.35. The Morgan fingerprint density at radius 1 is 1.26 bits per heavy atom. The second-order valence-corrected chi connectivity index (χ2v) is 6.11. The van der Waals surface area contributed by atoms with Crippen molar-refractivity contribution in [1.29, 1.82) is 0 Å². The maximum atomic E-state index is 9.74. The first kappa shape index (κ1) is 14.5. The van der Waals surface area contributed by atoms with Crippen molar-refractivity contribution >= 4 is 0 Å². The Labute approximate surface area is 115 Å². The molecule has 5 nitrogen and oxygen atoms in total. The number of aliphatic hydroxyl groups is 1. The van der Waals surface area contributed by atoms with Crippen molar-refractivity contribution in [2.75, 3.05) is 32.7 Å². The van der Waals surface area contributed by atoms with Crippen molar-refractivity contribution in [3.8, 4) is 0 Å². The van der Waals surface area contributed by atoms with Gasteiger partial charge in [-0.15, -0.1) is 0 Å². The molecule has 1 aromatic heterocycles. The van der Waals surface area contributed by atoms with E-state index < -0.39 is 5.60 Å². The van der Waals surface area contributed by atoms with E-state index in [9.17, 15) is 5.11 Å². The quantitative estimate of drug-likeness (QED) is 0.870. The summed E-state index contributed by atoms with van der Waals surface area (Å²) in [6.45, 7) is 11.7. The first-order valence-electron chi connectivity index (χ1n) is 7.02. The average molecular weight is 267 g/mol. The van der Waals surface area contributed by atoms with Gasteiger partial charge in [0.1, 0.15) is 0 Å². The third-order valence-corrected chi connectivity index (χ3v) is 3.56. The number of hydrogen-bond donors (Lipinski definition) is 1. The normalized spacial score (nSPS) is 18.9. The van der Waals surface area contributed by atoms with Crippen LogP contribution in [0.3, 0.4) is 0 Å². The molecule has 19 heavy (non-hydrogen) atoms. The van der Waals surface area contributed by atoms with Crippen LogP contribution in [-0.4, -0.2) is 58.4 Å². The highest BCUT2D eigenvalue weighted by Crippen LogP contribution is 2.12. The SMILES string of the molecule is Cc1cc(CN2CCN(CCC(C)(C)O)CC2)on1. The van der Waals surface area contributed by atoms with Crippen molar-refractivity contribution in [3.63, 3.8) is 0 Å².